The van der Waals surface area contributed by atoms with Crippen LogP contribution in [-0.2, 0) is 10.0 Å². The number of hydrogen-bond donors (Lipinski definition) is 2. The van der Waals surface area contributed by atoms with Crippen LogP contribution in [0.3, 0.4) is 0 Å². The first-order valence-electron chi connectivity index (χ1n) is 5.97. The Balaban J connectivity index is 2.09. The molecule has 4 nitrogen and oxygen atoms in total. The summed E-state index contributed by atoms with van der Waals surface area (Å²) in [5.74, 6) is 0.843. The third-order valence-corrected chi connectivity index (χ3v) is 4.19. The summed E-state index contributed by atoms with van der Waals surface area (Å²) in [6, 6.07) is 0. The molecule has 1 rings (SSSR count). The third kappa shape index (κ3) is 5.63. The van der Waals surface area contributed by atoms with E-state index in [1.165, 1.54) is 6.42 Å². The first-order chi connectivity index (χ1) is 7.64. The average Bonchev–Trinajstić information content (AvgIpc) is 2.26. The summed E-state index contributed by atoms with van der Waals surface area (Å²) in [6.07, 6.45) is 7.91. The summed E-state index contributed by atoms with van der Waals surface area (Å²) in [7, 11) is -3.06. The number of sulfonamides is 1. The number of rotatable bonds is 7. The van der Waals surface area contributed by atoms with Crippen LogP contribution in [0.25, 0.3) is 0 Å². The van der Waals surface area contributed by atoms with Crippen molar-refractivity contribution in [1.29, 1.82) is 0 Å². The van der Waals surface area contributed by atoms with Gasteiger partial charge in [0, 0.05) is 13.1 Å². The number of allylic oxidation sites excluding steroid dienone is 2. The van der Waals surface area contributed by atoms with Gasteiger partial charge < -0.3 is 5.32 Å². The van der Waals surface area contributed by atoms with E-state index in [2.05, 4.69) is 22.2 Å². The molecule has 0 saturated carbocycles. The first kappa shape index (κ1) is 13.7. The van der Waals surface area contributed by atoms with Crippen LogP contribution in [0.1, 0.15) is 26.2 Å². The Hall–Kier alpha value is -0.390. The molecule has 0 aliphatic heterocycles. The van der Waals surface area contributed by atoms with Crippen molar-refractivity contribution in [1.82, 2.24) is 10.0 Å². The predicted octanol–water partition coefficient (Wildman–Crippen LogP) is 0.872. The lowest BCUT2D eigenvalue weighted by molar-refractivity contribution is 0.446. The highest BCUT2D eigenvalue weighted by Crippen LogP contribution is 2.16. The van der Waals surface area contributed by atoms with Gasteiger partial charge in [0.25, 0.3) is 0 Å². The zero-order valence-electron chi connectivity index (χ0n) is 9.91. The van der Waals surface area contributed by atoms with Gasteiger partial charge in [-0.05, 0) is 31.7 Å². The van der Waals surface area contributed by atoms with Crippen LogP contribution in [0.15, 0.2) is 12.2 Å². The molecule has 0 fully saturated rings. The fraction of sp³-hybridized carbons (Fsp3) is 0.818. The normalized spacial score (nSPS) is 21.2. The van der Waals surface area contributed by atoms with Gasteiger partial charge in [-0.15, -0.1) is 0 Å². The maximum absolute atomic E-state index is 11.3. The largest absolute Gasteiger partial charge is 0.315 e. The predicted molar refractivity (Wildman–Crippen MR) is 66.8 cm³/mol. The van der Waals surface area contributed by atoms with Gasteiger partial charge in [-0.2, -0.15) is 0 Å². The van der Waals surface area contributed by atoms with Crippen LogP contribution in [0.4, 0.5) is 0 Å². The molecule has 0 bridgehead atoms. The second-order valence-corrected chi connectivity index (χ2v) is 6.10. The quantitative estimate of drug-likeness (QED) is 0.518. The van der Waals surface area contributed by atoms with Gasteiger partial charge in [0.2, 0.25) is 10.0 Å². The van der Waals surface area contributed by atoms with Gasteiger partial charge in [0.05, 0.1) is 5.75 Å². The second kappa shape index (κ2) is 7.04. The van der Waals surface area contributed by atoms with Crippen LogP contribution in [0.2, 0.25) is 0 Å². The van der Waals surface area contributed by atoms with E-state index in [9.17, 15) is 8.42 Å². The Morgan fingerprint density at radius 2 is 2.19 bits per heavy atom. The summed E-state index contributed by atoms with van der Waals surface area (Å²) in [5, 5.41) is 3.22. The van der Waals surface area contributed by atoms with Gasteiger partial charge in [-0.25, -0.2) is 13.1 Å². The standard InChI is InChI=1S/C11H22N2O2S/c1-2-13-16(14,15)9-8-12-10-11-6-4-3-5-7-11/h3-4,11-13H,2,5-10H2,1H3/t11-/m1/s1. The number of nitrogens with one attached hydrogen (secondary N) is 2. The van der Waals surface area contributed by atoms with E-state index in [1.54, 1.807) is 6.92 Å². The molecule has 0 heterocycles. The van der Waals surface area contributed by atoms with Gasteiger partial charge in [0.15, 0.2) is 0 Å². The highest BCUT2D eigenvalue weighted by Gasteiger charge is 2.11. The molecule has 5 heteroatoms. The maximum atomic E-state index is 11.3. The smallest absolute Gasteiger partial charge is 0.212 e. The molecule has 1 atom stereocenters. The highest BCUT2D eigenvalue weighted by molar-refractivity contribution is 7.89. The molecule has 0 amide bonds. The van der Waals surface area contributed by atoms with Crippen LogP contribution in [-0.4, -0.2) is 33.8 Å². The van der Waals surface area contributed by atoms with Crippen LogP contribution in [0, 0.1) is 5.92 Å². The molecule has 16 heavy (non-hydrogen) atoms. The summed E-state index contributed by atoms with van der Waals surface area (Å²) in [6.45, 7) is 3.72. The van der Waals surface area contributed by atoms with E-state index in [4.69, 9.17) is 0 Å². The molecule has 1 aliphatic rings. The maximum Gasteiger partial charge on any atom is 0.212 e. The molecule has 0 spiro atoms. The average molecular weight is 246 g/mol. The van der Waals surface area contributed by atoms with E-state index < -0.39 is 10.0 Å². The van der Waals surface area contributed by atoms with Crippen LogP contribution in [0.5, 0.6) is 0 Å². The lowest BCUT2D eigenvalue weighted by atomic mass is 9.94. The molecule has 2 N–H and O–H groups in total. The minimum Gasteiger partial charge on any atom is -0.315 e. The Morgan fingerprint density at radius 1 is 1.38 bits per heavy atom. The van der Waals surface area contributed by atoms with Gasteiger partial charge in [-0.3, -0.25) is 0 Å². The molecule has 1 aliphatic carbocycles. The minimum atomic E-state index is -3.06. The van der Waals surface area contributed by atoms with Crippen molar-refractivity contribution in [2.24, 2.45) is 5.92 Å². The van der Waals surface area contributed by atoms with E-state index in [0.29, 0.717) is 19.0 Å². The number of hydrogen-bond acceptors (Lipinski definition) is 3. The zero-order chi connectivity index (χ0) is 11.9. The Morgan fingerprint density at radius 3 is 2.81 bits per heavy atom. The van der Waals surface area contributed by atoms with Gasteiger partial charge >= 0.3 is 0 Å². The fourth-order valence-corrected chi connectivity index (χ4v) is 2.84. The van der Waals surface area contributed by atoms with Crippen molar-refractivity contribution in [3.8, 4) is 0 Å². The van der Waals surface area contributed by atoms with Crippen molar-refractivity contribution in [3.63, 3.8) is 0 Å². The van der Waals surface area contributed by atoms with Crippen molar-refractivity contribution >= 4 is 10.0 Å². The summed E-state index contributed by atoms with van der Waals surface area (Å²) in [4.78, 5) is 0. The Bertz CT molecular complexity index is 312. The molecule has 0 radical (unpaired) electrons. The van der Waals surface area contributed by atoms with Crippen molar-refractivity contribution in [2.75, 3.05) is 25.4 Å². The van der Waals surface area contributed by atoms with E-state index >= 15 is 0 Å². The van der Waals surface area contributed by atoms with Gasteiger partial charge in [-0.1, -0.05) is 19.1 Å². The Kier molecular flexibility index (Phi) is 6.01. The zero-order valence-corrected chi connectivity index (χ0v) is 10.7. The van der Waals surface area contributed by atoms with Crippen molar-refractivity contribution in [3.05, 3.63) is 12.2 Å². The molecule has 0 saturated heterocycles. The van der Waals surface area contributed by atoms with E-state index in [1.807, 2.05) is 0 Å². The van der Waals surface area contributed by atoms with Crippen molar-refractivity contribution in [2.45, 2.75) is 26.2 Å². The third-order valence-electron chi connectivity index (χ3n) is 2.72. The molecule has 94 valence electrons. The highest BCUT2D eigenvalue weighted by atomic mass is 32.2. The first-order valence-corrected chi connectivity index (χ1v) is 7.62. The summed E-state index contributed by atoms with van der Waals surface area (Å²) >= 11 is 0. The topological polar surface area (TPSA) is 58.2 Å². The molecular weight excluding hydrogens is 224 g/mol. The lowest BCUT2D eigenvalue weighted by Crippen LogP contribution is -2.33. The lowest BCUT2D eigenvalue weighted by Gasteiger charge is -2.18. The van der Waals surface area contributed by atoms with Crippen LogP contribution >= 0.6 is 0 Å². The minimum absolute atomic E-state index is 0.170. The van der Waals surface area contributed by atoms with E-state index in [-0.39, 0.29) is 5.75 Å². The second-order valence-electron chi connectivity index (χ2n) is 4.17. The monoisotopic (exact) mass is 246 g/mol. The molecule has 0 unspecified atom stereocenters. The molecule has 0 aromatic rings. The SMILES string of the molecule is CCNS(=O)(=O)CCNC[C@@H]1CC=CCC1. The Labute approximate surface area is 98.6 Å². The van der Waals surface area contributed by atoms with Crippen LogP contribution < -0.4 is 10.0 Å². The van der Waals surface area contributed by atoms with Crippen molar-refractivity contribution < 1.29 is 8.42 Å². The summed E-state index contributed by atoms with van der Waals surface area (Å²) < 4.78 is 25.1. The molecular formula is C11H22N2O2S. The van der Waals surface area contributed by atoms with Gasteiger partial charge in [0.1, 0.15) is 0 Å². The van der Waals surface area contributed by atoms with E-state index in [0.717, 1.165) is 19.4 Å². The molecule has 0 aromatic heterocycles. The molecule has 0 aromatic carbocycles. The summed E-state index contributed by atoms with van der Waals surface area (Å²) in [5.41, 5.74) is 0. The fourth-order valence-electron chi connectivity index (χ4n) is 1.85.